The van der Waals surface area contributed by atoms with Gasteiger partial charge in [-0.05, 0) is 73.5 Å². The quantitative estimate of drug-likeness (QED) is 0.279. The van der Waals surface area contributed by atoms with Gasteiger partial charge in [-0.2, -0.15) is 11.8 Å². The molecule has 0 heterocycles. The Kier molecular flexibility index (Phi) is 10.5. The van der Waals surface area contributed by atoms with Crippen LogP contribution in [0.5, 0.6) is 5.75 Å². The number of halogens is 1. The number of aryl methyl sites for hydroxylation is 1. The van der Waals surface area contributed by atoms with Crippen molar-refractivity contribution < 1.29 is 17.9 Å². The Morgan fingerprint density at radius 3 is 2.44 bits per heavy atom. The molecule has 3 aromatic rings. The molecular formula is C27H31ClN2O4S2. The molecule has 0 aromatic heterocycles. The number of carbonyl (C=O) groups is 1. The number of hydrogen-bond acceptors (Lipinski definition) is 5. The molecule has 0 saturated carbocycles. The van der Waals surface area contributed by atoms with Crippen molar-refractivity contribution in [1.82, 2.24) is 5.32 Å². The Morgan fingerprint density at radius 1 is 1.03 bits per heavy atom. The van der Waals surface area contributed by atoms with Crippen molar-refractivity contribution in [2.24, 2.45) is 0 Å². The van der Waals surface area contributed by atoms with E-state index in [2.05, 4.69) is 24.4 Å². The van der Waals surface area contributed by atoms with Crippen LogP contribution >= 0.6 is 23.4 Å². The molecular weight excluding hydrogens is 516 g/mol. The molecule has 0 fully saturated rings. The molecule has 0 unspecified atom stereocenters. The summed E-state index contributed by atoms with van der Waals surface area (Å²) in [6, 6.07) is 21.0. The second-order valence-corrected chi connectivity index (χ2v) is 11.5. The third-order valence-electron chi connectivity index (χ3n) is 5.43. The van der Waals surface area contributed by atoms with Gasteiger partial charge in [0.15, 0.2) is 0 Å². The molecule has 9 heteroatoms. The highest BCUT2D eigenvalue weighted by Crippen LogP contribution is 2.32. The molecule has 3 aromatic carbocycles. The predicted molar refractivity (Wildman–Crippen MR) is 149 cm³/mol. The minimum atomic E-state index is -4.05. The lowest BCUT2D eigenvalue weighted by atomic mass is 10.1. The highest BCUT2D eigenvalue weighted by Gasteiger charge is 2.29. The SMILES string of the molecule is CCOc1ccccc1N(CC(=O)NCCCSCc1ccccc1C)S(=O)(=O)c1ccc(Cl)cc1. The van der Waals surface area contributed by atoms with Gasteiger partial charge in [-0.15, -0.1) is 0 Å². The van der Waals surface area contributed by atoms with E-state index in [0.717, 1.165) is 22.2 Å². The monoisotopic (exact) mass is 546 g/mol. The van der Waals surface area contributed by atoms with Gasteiger partial charge in [0.1, 0.15) is 12.3 Å². The zero-order valence-corrected chi connectivity index (χ0v) is 22.8. The number of nitrogens with zero attached hydrogens (tertiary/aromatic N) is 1. The van der Waals surface area contributed by atoms with Gasteiger partial charge in [0.2, 0.25) is 5.91 Å². The topological polar surface area (TPSA) is 75.7 Å². The number of carbonyl (C=O) groups excluding carboxylic acids is 1. The van der Waals surface area contributed by atoms with Crippen LogP contribution in [0.3, 0.4) is 0 Å². The Hall–Kier alpha value is -2.68. The average molecular weight is 547 g/mol. The molecule has 1 N–H and O–H groups in total. The zero-order valence-electron chi connectivity index (χ0n) is 20.4. The van der Waals surface area contributed by atoms with Crippen LogP contribution in [0.25, 0.3) is 0 Å². The fourth-order valence-electron chi connectivity index (χ4n) is 3.52. The van der Waals surface area contributed by atoms with E-state index in [4.69, 9.17) is 16.3 Å². The Balaban J connectivity index is 1.66. The van der Waals surface area contributed by atoms with Crippen LogP contribution < -0.4 is 14.4 Å². The first-order valence-corrected chi connectivity index (χ1v) is 14.7. The van der Waals surface area contributed by atoms with Gasteiger partial charge in [-0.1, -0.05) is 48.0 Å². The number of thioether (sulfide) groups is 1. The lowest BCUT2D eigenvalue weighted by Gasteiger charge is -2.26. The maximum absolute atomic E-state index is 13.6. The number of anilines is 1. The summed E-state index contributed by atoms with van der Waals surface area (Å²) in [7, 11) is -4.05. The molecule has 36 heavy (non-hydrogen) atoms. The van der Waals surface area contributed by atoms with E-state index in [-0.39, 0.29) is 17.3 Å². The molecule has 0 spiro atoms. The van der Waals surface area contributed by atoms with Crippen LogP contribution in [-0.2, 0) is 20.6 Å². The second kappa shape index (κ2) is 13.6. The fourth-order valence-corrected chi connectivity index (χ4v) is 6.11. The number of amides is 1. The first-order valence-electron chi connectivity index (χ1n) is 11.7. The van der Waals surface area contributed by atoms with Crippen molar-refractivity contribution in [2.45, 2.75) is 30.9 Å². The largest absolute Gasteiger partial charge is 0.492 e. The van der Waals surface area contributed by atoms with E-state index in [1.807, 2.05) is 30.8 Å². The van der Waals surface area contributed by atoms with Crippen molar-refractivity contribution >= 4 is 45.0 Å². The van der Waals surface area contributed by atoms with E-state index < -0.39 is 10.0 Å². The van der Waals surface area contributed by atoms with Crippen LogP contribution in [0.2, 0.25) is 5.02 Å². The van der Waals surface area contributed by atoms with Gasteiger partial charge >= 0.3 is 0 Å². The van der Waals surface area contributed by atoms with Crippen LogP contribution in [0, 0.1) is 6.92 Å². The number of para-hydroxylation sites is 2. The van der Waals surface area contributed by atoms with Crippen LogP contribution in [0.4, 0.5) is 5.69 Å². The van der Waals surface area contributed by atoms with E-state index in [1.165, 1.54) is 35.4 Å². The Labute approximate surface area is 223 Å². The lowest BCUT2D eigenvalue weighted by molar-refractivity contribution is -0.119. The van der Waals surface area contributed by atoms with Crippen molar-refractivity contribution in [3.8, 4) is 5.75 Å². The molecule has 0 radical (unpaired) electrons. The molecule has 0 aliphatic heterocycles. The second-order valence-electron chi connectivity index (χ2n) is 8.05. The van der Waals surface area contributed by atoms with Crippen LogP contribution in [0.15, 0.2) is 77.7 Å². The number of hydrogen-bond donors (Lipinski definition) is 1. The molecule has 0 aliphatic carbocycles. The minimum absolute atomic E-state index is 0.0404. The van der Waals surface area contributed by atoms with E-state index in [9.17, 15) is 13.2 Å². The van der Waals surface area contributed by atoms with Crippen molar-refractivity contribution in [3.63, 3.8) is 0 Å². The highest BCUT2D eigenvalue weighted by molar-refractivity contribution is 7.98. The molecule has 1 amide bonds. The van der Waals surface area contributed by atoms with Crippen LogP contribution in [0.1, 0.15) is 24.5 Å². The van der Waals surface area contributed by atoms with Crippen molar-refractivity contribution in [2.75, 3.05) is 29.8 Å². The third-order valence-corrected chi connectivity index (χ3v) is 8.55. The zero-order chi connectivity index (χ0) is 26.0. The highest BCUT2D eigenvalue weighted by atomic mass is 35.5. The summed E-state index contributed by atoms with van der Waals surface area (Å²) in [5.74, 6) is 1.80. The molecule has 3 rings (SSSR count). The summed E-state index contributed by atoms with van der Waals surface area (Å²) < 4.78 is 33.9. The third kappa shape index (κ3) is 7.66. The summed E-state index contributed by atoms with van der Waals surface area (Å²) >= 11 is 7.76. The normalized spacial score (nSPS) is 11.2. The fraction of sp³-hybridized carbons (Fsp3) is 0.296. The number of benzene rings is 3. The maximum atomic E-state index is 13.6. The van der Waals surface area contributed by atoms with Gasteiger partial charge < -0.3 is 10.1 Å². The smallest absolute Gasteiger partial charge is 0.264 e. The number of nitrogens with one attached hydrogen (secondary N) is 1. The summed E-state index contributed by atoms with van der Waals surface area (Å²) in [6.07, 6.45) is 0.780. The molecule has 0 aliphatic rings. The maximum Gasteiger partial charge on any atom is 0.264 e. The molecule has 0 bridgehead atoms. The van der Waals surface area contributed by atoms with Gasteiger partial charge in [-0.25, -0.2) is 8.42 Å². The number of ether oxygens (including phenoxy) is 1. The molecule has 0 atom stereocenters. The van der Waals surface area contributed by atoms with Crippen LogP contribution in [-0.4, -0.2) is 39.8 Å². The van der Waals surface area contributed by atoms with E-state index in [1.54, 1.807) is 24.3 Å². The van der Waals surface area contributed by atoms with E-state index >= 15 is 0 Å². The van der Waals surface area contributed by atoms with E-state index in [0.29, 0.717) is 29.6 Å². The molecule has 192 valence electrons. The van der Waals surface area contributed by atoms with Gasteiger partial charge in [0.25, 0.3) is 10.0 Å². The standard InChI is InChI=1S/C27H31ClN2O4S2/c1-3-34-26-12-7-6-11-25(26)30(36(32,33)24-15-13-23(28)14-16-24)19-27(31)29-17-8-18-35-20-22-10-5-4-9-21(22)2/h4-7,9-16H,3,8,17-20H2,1-2H3,(H,29,31). The summed E-state index contributed by atoms with van der Waals surface area (Å²) in [6.45, 7) is 4.37. The summed E-state index contributed by atoms with van der Waals surface area (Å²) in [5, 5.41) is 3.28. The predicted octanol–water partition coefficient (Wildman–Crippen LogP) is 5.68. The van der Waals surface area contributed by atoms with Gasteiger partial charge in [-0.3, -0.25) is 9.10 Å². The molecule has 6 nitrogen and oxygen atoms in total. The minimum Gasteiger partial charge on any atom is -0.492 e. The number of rotatable bonds is 13. The van der Waals surface area contributed by atoms with Crippen molar-refractivity contribution in [1.29, 1.82) is 0 Å². The lowest BCUT2D eigenvalue weighted by Crippen LogP contribution is -2.41. The van der Waals surface area contributed by atoms with Crippen molar-refractivity contribution in [3.05, 3.63) is 88.9 Å². The molecule has 0 saturated heterocycles. The van der Waals surface area contributed by atoms with Gasteiger partial charge in [0.05, 0.1) is 17.2 Å². The first kappa shape index (κ1) is 27.9. The number of sulfonamides is 1. The summed E-state index contributed by atoms with van der Waals surface area (Å²) in [4.78, 5) is 12.9. The Morgan fingerprint density at radius 2 is 1.72 bits per heavy atom. The Bertz CT molecular complexity index is 1250. The average Bonchev–Trinajstić information content (AvgIpc) is 2.86. The van der Waals surface area contributed by atoms with Gasteiger partial charge in [0, 0.05) is 17.3 Å². The first-order chi connectivity index (χ1) is 17.3. The summed E-state index contributed by atoms with van der Waals surface area (Å²) in [5.41, 5.74) is 2.88.